The second-order valence-electron chi connectivity index (χ2n) is 5.13. The minimum absolute atomic E-state index is 0.767. The third kappa shape index (κ3) is 2.74. The van der Waals surface area contributed by atoms with Crippen LogP contribution < -0.4 is 10.6 Å². The standard InChI is InChI=1S/C15H20N6/c1-2-12(9-16)10-17-13-11-18-21-8-5-14(19-15(13)21)20-6-3-4-7-20/h5,8-11H,2-4,6-7,16H2,1H3. The monoisotopic (exact) mass is 284 g/mol. The fraction of sp³-hybridized carbons (Fsp3) is 0.400. The molecule has 0 aromatic carbocycles. The Morgan fingerprint density at radius 2 is 2.24 bits per heavy atom. The first kappa shape index (κ1) is 13.6. The van der Waals surface area contributed by atoms with E-state index in [0.717, 1.165) is 42.2 Å². The number of hydrogen-bond acceptors (Lipinski definition) is 5. The second kappa shape index (κ2) is 5.95. The van der Waals surface area contributed by atoms with Gasteiger partial charge in [0, 0.05) is 25.5 Å². The molecule has 3 heterocycles. The van der Waals surface area contributed by atoms with E-state index in [-0.39, 0.29) is 0 Å². The largest absolute Gasteiger partial charge is 0.404 e. The van der Waals surface area contributed by atoms with Crippen molar-refractivity contribution in [3.05, 3.63) is 30.2 Å². The van der Waals surface area contributed by atoms with Crippen LogP contribution in [0.2, 0.25) is 0 Å². The third-order valence-corrected chi connectivity index (χ3v) is 3.76. The van der Waals surface area contributed by atoms with Gasteiger partial charge < -0.3 is 10.6 Å². The van der Waals surface area contributed by atoms with Crippen molar-refractivity contribution in [2.45, 2.75) is 26.2 Å². The Bertz CT molecular complexity index is 679. The Morgan fingerprint density at radius 3 is 2.95 bits per heavy atom. The van der Waals surface area contributed by atoms with Gasteiger partial charge in [-0.2, -0.15) is 5.10 Å². The number of nitrogens with two attached hydrogens (primary N) is 1. The van der Waals surface area contributed by atoms with Crippen LogP contribution >= 0.6 is 0 Å². The van der Waals surface area contributed by atoms with Crippen LogP contribution in [0.3, 0.4) is 0 Å². The smallest absolute Gasteiger partial charge is 0.183 e. The number of allylic oxidation sites excluding steroid dienone is 1. The van der Waals surface area contributed by atoms with Gasteiger partial charge in [0.25, 0.3) is 0 Å². The summed E-state index contributed by atoms with van der Waals surface area (Å²) in [7, 11) is 0. The lowest BCUT2D eigenvalue weighted by Crippen LogP contribution is -2.19. The zero-order chi connectivity index (χ0) is 14.7. The fourth-order valence-corrected chi connectivity index (χ4v) is 2.47. The minimum Gasteiger partial charge on any atom is -0.404 e. The second-order valence-corrected chi connectivity index (χ2v) is 5.13. The van der Waals surface area contributed by atoms with Gasteiger partial charge in [0.05, 0.1) is 6.20 Å². The first-order valence-electron chi connectivity index (χ1n) is 7.36. The van der Waals surface area contributed by atoms with E-state index in [4.69, 9.17) is 10.7 Å². The number of anilines is 1. The van der Waals surface area contributed by atoms with E-state index in [1.54, 1.807) is 23.1 Å². The van der Waals surface area contributed by atoms with E-state index >= 15 is 0 Å². The molecule has 2 aromatic heterocycles. The summed E-state index contributed by atoms with van der Waals surface area (Å²) in [5.41, 5.74) is 8.08. The molecule has 2 aromatic rings. The van der Waals surface area contributed by atoms with Crippen LogP contribution in [0.5, 0.6) is 0 Å². The van der Waals surface area contributed by atoms with E-state index in [0.29, 0.717) is 0 Å². The summed E-state index contributed by atoms with van der Waals surface area (Å²) in [6.45, 7) is 4.20. The van der Waals surface area contributed by atoms with Gasteiger partial charge in [-0.25, -0.2) is 9.50 Å². The average molecular weight is 284 g/mol. The lowest BCUT2D eigenvalue weighted by molar-refractivity contribution is 0.899. The van der Waals surface area contributed by atoms with E-state index in [2.05, 4.69) is 15.0 Å². The minimum atomic E-state index is 0.767. The highest BCUT2D eigenvalue weighted by Crippen LogP contribution is 2.23. The van der Waals surface area contributed by atoms with Crippen LogP contribution in [0.25, 0.3) is 5.65 Å². The molecular weight excluding hydrogens is 264 g/mol. The molecule has 1 saturated heterocycles. The topological polar surface area (TPSA) is 71.8 Å². The molecule has 2 N–H and O–H groups in total. The van der Waals surface area contributed by atoms with Crippen LogP contribution in [0, 0.1) is 0 Å². The molecule has 0 unspecified atom stereocenters. The van der Waals surface area contributed by atoms with Crippen molar-refractivity contribution >= 4 is 23.4 Å². The summed E-state index contributed by atoms with van der Waals surface area (Å²) in [4.78, 5) is 11.5. The maximum absolute atomic E-state index is 5.55. The number of hydrogen-bond donors (Lipinski definition) is 1. The number of nitrogens with zero attached hydrogens (tertiary/aromatic N) is 5. The lowest BCUT2D eigenvalue weighted by Gasteiger charge is -2.15. The molecule has 3 rings (SSSR count). The van der Waals surface area contributed by atoms with Gasteiger partial charge in [0.2, 0.25) is 0 Å². The molecule has 0 spiro atoms. The Kier molecular flexibility index (Phi) is 3.85. The van der Waals surface area contributed by atoms with Gasteiger partial charge in [-0.1, -0.05) is 6.92 Å². The zero-order valence-electron chi connectivity index (χ0n) is 12.2. The van der Waals surface area contributed by atoms with E-state index < -0.39 is 0 Å². The summed E-state index contributed by atoms with van der Waals surface area (Å²) >= 11 is 0. The maximum atomic E-state index is 5.55. The van der Waals surface area contributed by atoms with Crippen molar-refractivity contribution in [3.63, 3.8) is 0 Å². The molecule has 1 aliphatic rings. The first-order chi connectivity index (χ1) is 10.3. The molecule has 0 aliphatic carbocycles. The summed E-state index contributed by atoms with van der Waals surface area (Å²) in [5.74, 6) is 1.00. The van der Waals surface area contributed by atoms with Crippen molar-refractivity contribution < 1.29 is 0 Å². The molecule has 6 nitrogen and oxygen atoms in total. The maximum Gasteiger partial charge on any atom is 0.183 e. The molecule has 1 fully saturated rings. The molecule has 110 valence electrons. The summed E-state index contributed by atoms with van der Waals surface area (Å²) in [6.07, 6.45) is 10.4. The van der Waals surface area contributed by atoms with E-state index in [1.807, 2.05) is 19.2 Å². The number of aliphatic imine (C=N–C) groups is 1. The molecule has 0 atom stereocenters. The lowest BCUT2D eigenvalue weighted by atomic mass is 10.2. The Balaban J connectivity index is 1.94. The summed E-state index contributed by atoms with van der Waals surface area (Å²) < 4.78 is 1.75. The van der Waals surface area contributed by atoms with Gasteiger partial charge in [0.1, 0.15) is 11.5 Å². The zero-order valence-corrected chi connectivity index (χ0v) is 12.2. The van der Waals surface area contributed by atoms with E-state index in [1.165, 1.54) is 12.8 Å². The Hall–Kier alpha value is -2.37. The highest BCUT2D eigenvalue weighted by molar-refractivity contribution is 5.83. The summed E-state index contributed by atoms with van der Waals surface area (Å²) in [5, 5.41) is 4.29. The van der Waals surface area contributed by atoms with Gasteiger partial charge in [-0.3, -0.25) is 4.99 Å². The van der Waals surface area contributed by atoms with Crippen LogP contribution in [0.1, 0.15) is 26.2 Å². The van der Waals surface area contributed by atoms with Crippen molar-refractivity contribution in [2.75, 3.05) is 18.0 Å². The number of rotatable bonds is 4. The van der Waals surface area contributed by atoms with Crippen LogP contribution in [-0.2, 0) is 0 Å². The predicted molar refractivity (Wildman–Crippen MR) is 85.1 cm³/mol. The molecule has 0 saturated carbocycles. The number of fused-ring (bicyclic) bond motifs is 1. The van der Waals surface area contributed by atoms with Gasteiger partial charge in [-0.05, 0) is 37.1 Å². The van der Waals surface area contributed by atoms with Crippen molar-refractivity contribution in [2.24, 2.45) is 10.7 Å². The Labute approximate surface area is 124 Å². The van der Waals surface area contributed by atoms with Crippen LogP contribution in [0.15, 0.2) is 35.2 Å². The van der Waals surface area contributed by atoms with Gasteiger partial charge >= 0.3 is 0 Å². The molecule has 0 bridgehead atoms. The van der Waals surface area contributed by atoms with Crippen molar-refractivity contribution in [1.29, 1.82) is 0 Å². The molecule has 0 amide bonds. The van der Waals surface area contributed by atoms with E-state index in [9.17, 15) is 0 Å². The van der Waals surface area contributed by atoms with Crippen LogP contribution in [-0.4, -0.2) is 33.9 Å². The average Bonchev–Trinajstić information content (AvgIpc) is 3.17. The number of aromatic nitrogens is 3. The van der Waals surface area contributed by atoms with Gasteiger partial charge in [0.15, 0.2) is 5.65 Å². The quantitative estimate of drug-likeness (QED) is 0.874. The summed E-state index contributed by atoms with van der Waals surface area (Å²) in [6, 6.07) is 2.01. The molecule has 21 heavy (non-hydrogen) atoms. The molecular formula is C15H20N6. The predicted octanol–water partition coefficient (Wildman–Crippen LogP) is 2.28. The fourth-order valence-electron chi connectivity index (χ4n) is 2.47. The van der Waals surface area contributed by atoms with Crippen molar-refractivity contribution in [1.82, 2.24) is 14.6 Å². The first-order valence-corrected chi connectivity index (χ1v) is 7.36. The SMILES string of the molecule is CCC(C=Nc1cnn2ccc(N3CCCC3)nc12)=CN. The normalized spacial score (nSPS) is 16.4. The van der Waals surface area contributed by atoms with Crippen LogP contribution in [0.4, 0.5) is 11.5 Å². The molecule has 0 radical (unpaired) electrons. The third-order valence-electron chi connectivity index (χ3n) is 3.76. The highest BCUT2D eigenvalue weighted by atomic mass is 15.3. The molecule has 1 aliphatic heterocycles. The molecule has 6 heteroatoms. The van der Waals surface area contributed by atoms with Gasteiger partial charge in [-0.15, -0.1) is 0 Å². The Morgan fingerprint density at radius 1 is 1.43 bits per heavy atom. The van der Waals surface area contributed by atoms with Crippen molar-refractivity contribution in [3.8, 4) is 0 Å². The highest BCUT2D eigenvalue weighted by Gasteiger charge is 2.15.